The van der Waals surface area contributed by atoms with E-state index in [4.69, 9.17) is 0 Å². The van der Waals surface area contributed by atoms with Gasteiger partial charge >= 0.3 is 4.87 Å². The Hall–Kier alpha value is -1.10. The van der Waals surface area contributed by atoms with Crippen LogP contribution in [-0.2, 0) is 11.3 Å². The maximum absolute atomic E-state index is 12.7. The van der Waals surface area contributed by atoms with Crippen LogP contribution in [0.25, 0.3) is 0 Å². The number of rotatable bonds is 3. The molecule has 22 heavy (non-hydrogen) atoms. The minimum Gasteiger partial charge on any atom is -0.337 e. The molecule has 0 N–H and O–H groups in total. The third-order valence-electron chi connectivity index (χ3n) is 5.67. The molecule has 2 aliphatic rings. The van der Waals surface area contributed by atoms with Crippen molar-refractivity contribution in [2.75, 3.05) is 6.54 Å². The fraction of sp³-hybridized carbons (Fsp3) is 0.765. The molecule has 1 aliphatic carbocycles. The molecular formula is C17H26N2O2S. The minimum atomic E-state index is -0.0134. The Morgan fingerprint density at radius 3 is 2.45 bits per heavy atom. The Bertz CT molecular complexity index is 638. The Morgan fingerprint density at radius 2 is 1.95 bits per heavy atom. The van der Waals surface area contributed by atoms with Gasteiger partial charge in [0.2, 0.25) is 5.91 Å². The van der Waals surface area contributed by atoms with Crippen LogP contribution in [0.5, 0.6) is 0 Å². The van der Waals surface area contributed by atoms with E-state index in [2.05, 4.69) is 13.8 Å². The van der Waals surface area contributed by atoms with Crippen molar-refractivity contribution in [1.82, 2.24) is 9.47 Å². The average molecular weight is 322 g/mol. The third kappa shape index (κ3) is 2.34. The summed E-state index contributed by atoms with van der Waals surface area (Å²) in [7, 11) is 0. The molecule has 1 saturated heterocycles. The number of hydrogen-bond acceptors (Lipinski definition) is 3. The van der Waals surface area contributed by atoms with Crippen LogP contribution >= 0.6 is 11.3 Å². The highest BCUT2D eigenvalue weighted by Gasteiger charge is 2.55. The van der Waals surface area contributed by atoms with E-state index in [9.17, 15) is 9.59 Å². The van der Waals surface area contributed by atoms with Crippen LogP contribution in [0, 0.1) is 25.2 Å². The van der Waals surface area contributed by atoms with E-state index in [0.29, 0.717) is 17.4 Å². The molecule has 1 aromatic heterocycles. The first kappa shape index (κ1) is 15.8. The Labute approximate surface area is 136 Å². The van der Waals surface area contributed by atoms with Gasteiger partial charge in [-0.1, -0.05) is 38.0 Å². The van der Waals surface area contributed by atoms with Gasteiger partial charge in [0.25, 0.3) is 0 Å². The van der Waals surface area contributed by atoms with Crippen molar-refractivity contribution < 1.29 is 4.79 Å². The maximum atomic E-state index is 12.7. The summed E-state index contributed by atoms with van der Waals surface area (Å²) in [5.41, 5.74) is 1.30. The fourth-order valence-corrected chi connectivity index (χ4v) is 5.42. The molecule has 122 valence electrons. The van der Waals surface area contributed by atoms with Crippen LogP contribution in [0.4, 0.5) is 0 Å². The third-order valence-corrected chi connectivity index (χ3v) is 6.66. The molecule has 0 unspecified atom stereocenters. The summed E-state index contributed by atoms with van der Waals surface area (Å²) in [6.07, 6.45) is 5.12. The van der Waals surface area contributed by atoms with Crippen molar-refractivity contribution >= 4 is 17.2 Å². The molecule has 2 fully saturated rings. The molecular weight excluding hydrogens is 296 g/mol. The monoisotopic (exact) mass is 322 g/mol. The SMILES string of the molecule is Cc1sc(=O)n(CC(=O)N2CC3(CCCC3)[C@@H]2C(C)C)c1C. The first-order valence-electron chi connectivity index (χ1n) is 8.32. The second kappa shape index (κ2) is 5.52. The Morgan fingerprint density at radius 1 is 1.32 bits per heavy atom. The molecule has 0 aromatic carbocycles. The molecule has 0 radical (unpaired) electrons. The molecule has 1 aliphatic heterocycles. The predicted octanol–water partition coefficient (Wildman–Crippen LogP) is 2.95. The lowest BCUT2D eigenvalue weighted by Gasteiger charge is -2.58. The number of likely N-dealkylation sites (tertiary alicyclic amines) is 1. The van der Waals surface area contributed by atoms with Gasteiger partial charge in [-0.25, -0.2) is 0 Å². The molecule has 4 nitrogen and oxygen atoms in total. The summed E-state index contributed by atoms with van der Waals surface area (Å²) in [5.74, 6) is 0.594. The zero-order valence-corrected chi connectivity index (χ0v) is 14.8. The molecule has 1 saturated carbocycles. The smallest absolute Gasteiger partial charge is 0.308 e. The molecule has 1 spiro atoms. The molecule has 1 atom stereocenters. The van der Waals surface area contributed by atoms with E-state index in [1.54, 1.807) is 4.57 Å². The summed E-state index contributed by atoms with van der Waals surface area (Å²) in [4.78, 5) is 27.8. The number of aryl methyl sites for hydroxylation is 1. The van der Waals surface area contributed by atoms with Crippen molar-refractivity contribution in [3.05, 3.63) is 20.2 Å². The van der Waals surface area contributed by atoms with Crippen LogP contribution in [0.2, 0.25) is 0 Å². The summed E-state index contributed by atoms with van der Waals surface area (Å²) < 4.78 is 1.64. The molecule has 5 heteroatoms. The van der Waals surface area contributed by atoms with Crippen LogP contribution in [0.1, 0.15) is 50.1 Å². The topological polar surface area (TPSA) is 42.3 Å². The van der Waals surface area contributed by atoms with Crippen molar-refractivity contribution in [1.29, 1.82) is 0 Å². The second-order valence-electron chi connectivity index (χ2n) is 7.38. The molecule has 0 bridgehead atoms. The van der Waals surface area contributed by atoms with Gasteiger partial charge in [0, 0.05) is 28.6 Å². The highest BCUT2D eigenvalue weighted by atomic mass is 32.1. The van der Waals surface area contributed by atoms with Crippen LogP contribution in [0.15, 0.2) is 4.79 Å². The lowest BCUT2D eigenvalue weighted by molar-refractivity contribution is -0.160. The highest BCUT2D eigenvalue weighted by molar-refractivity contribution is 7.09. The lowest BCUT2D eigenvalue weighted by atomic mass is 9.66. The first-order chi connectivity index (χ1) is 10.4. The van der Waals surface area contributed by atoms with E-state index < -0.39 is 0 Å². The molecule has 3 rings (SSSR count). The number of carbonyl (C=O) groups excluding carboxylic acids is 1. The number of nitrogens with zero attached hydrogens (tertiary/aromatic N) is 2. The van der Waals surface area contributed by atoms with E-state index in [0.717, 1.165) is 17.1 Å². The summed E-state index contributed by atoms with van der Waals surface area (Å²) in [6.45, 7) is 9.40. The van der Waals surface area contributed by atoms with Crippen LogP contribution < -0.4 is 4.87 Å². The van der Waals surface area contributed by atoms with E-state index in [1.165, 1.54) is 37.0 Å². The quantitative estimate of drug-likeness (QED) is 0.858. The van der Waals surface area contributed by atoms with Gasteiger partial charge in [0.05, 0.1) is 0 Å². The van der Waals surface area contributed by atoms with Gasteiger partial charge in [-0.15, -0.1) is 0 Å². The lowest BCUT2D eigenvalue weighted by Crippen LogP contribution is -2.67. The van der Waals surface area contributed by atoms with Crippen molar-refractivity contribution in [3.63, 3.8) is 0 Å². The van der Waals surface area contributed by atoms with Crippen LogP contribution in [0.3, 0.4) is 0 Å². The van der Waals surface area contributed by atoms with Crippen molar-refractivity contribution in [2.45, 2.75) is 66.0 Å². The average Bonchev–Trinajstić information content (AvgIpc) is 2.98. The van der Waals surface area contributed by atoms with Gasteiger partial charge in [-0.3, -0.25) is 14.2 Å². The second-order valence-corrected chi connectivity index (χ2v) is 8.54. The standard InChI is InChI=1S/C17H26N2O2S/c1-11(2)15-17(7-5-6-8-17)10-19(15)14(20)9-18-12(3)13(4)22-16(18)21/h11,15H,5-10H2,1-4H3/t15-/m0/s1. The van der Waals surface area contributed by atoms with Gasteiger partial charge in [-0.2, -0.15) is 0 Å². The Balaban J connectivity index is 1.77. The van der Waals surface area contributed by atoms with E-state index in [1.807, 2.05) is 18.7 Å². The van der Waals surface area contributed by atoms with E-state index >= 15 is 0 Å². The Kier molecular flexibility index (Phi) is 3.96. The predicted molar refractivity (Wildman–Crippen MR) is 89.3 cm³/mol. The van der Waals surface area contributed by atoms with Gasteiger partial charge < -0.3 is 4.90 Å². The molecule has 1 amide bonds. The number of carbonyl (C=O) groups is 1. The first-order valence-corrected chi connectivity index (χ1v) is 9.14. The number of thiazole rings is 1. The van der Waals surface area contributed by atoms with Crippen molar-refractivity contribution in [2.24, 2.45) is 11.3 Å². The van der Waals surface area contributed by atoms with Gasteiger partial charge in [-0.05, 0) is 32.6 Å². The molecule has 2 heterocycles. The van der Waals surface area contributed by atoms with Gasteiger partial charge in [0.1, 0.15) is 6.54 Å². The minimum absolute atomic E-state index is 0.0134. The fourth-order valence-electron chi connectivity index (χ4n) is 4.59. The zero-order chi connectivity index (χ0) is 16.1. The molecule has 1 aromatic rings. The van der Waals surface area contributed by atoms with E-state index in [-0.39, 0.29) is 17.3 Å². The van der Waals surface area contributed by atoms with Gasteiger partial charge in [0.15, 0.2) is 0 Å². The number of hydrogen-bond donors (Lipinski definition) is 0. The van der Waals surface area contributed by atoms with Crippen LogP contribution in [-0.4, -0.2) is 28.0 Å². The highest BCUT2D eigenvalue weighted by Crippen LogP contribution is 2.52. The summed E-state index contributed by atoms with van der Waals surface area (Å²) >= 11 is 1.24. The summed E-state index contributed by atoms with van der Waals surface area (Å²) in [6, 6.07) is 0.359. The van der Waals surface area contributed by atoms with Crippen molar-refractivity contribution in [3.8, 4) is 0 Å². The number of aromatic nitrogens is 1. The largest absolute Gasteiger partial charge is 0.337 e. The maximum Gasteiger partial charge on any atom is 0.308 e. The summed E-state index contributed by atoms with van der Waals surface area (Å²) in [5, 5.41) is 0. The number of amides is 1. The normalized spacial score (nSPS) is 23.3. The zero-order valence-electron chi connectivity index (χ0n) is 14.0.